The summed E-state index contributed by atoms with van der Waals surface area (Å²) in [6, 6.07) is 9.05. The molecule has 0 saturated carbocycles. The Hall–Kier alpha value is -2.99. The van der Waals surface area contributed by atoms with Gasteiger partial charge < -0.3 is 5.32 Å². The van der Waals surface area contributed by atoms with Crippen LogP contribution in [0.2, 0.25) is 5.02 Å². The average molecular weight is 326 g/mol. The smallest absolute Gasteiger partial charge is 0.250 e. The minimum atomic E-state index is -0.291. The number of halogens is 1. The number of nitrogens with one attached hydrogen (secondary N) is 1. The van der Waals surface area contributed by atoms with Gasteiger partial charge in [-0.25, -0.2) is 14.6 Å². The Balaban J connectivity index is 1.65. The molecule has 2 heterocycles. The molecule has 7 heteroatoms. The van der Waals surface area contributed by atoms with Crippen LogP contribution in [0.1, 0.15) is 5.56 Å². The second-order valence-corrected chi connectivity index (χ2v) is 4.97. The van der Waals surface area contributed by atoms with Crippen molar-refractivity contribution in [2.75, 3.05) is 5.32 Å². The average Bonchev–Trinajstić information content (AvgIpc) is 3.09. The molecule has 0 saturated heterocycles. The molecule has 0 radical (unpaired) electrons. The van der Waals surface area contributed by atoms with Crippen molar-refractivity contribution in [3.05, 3.63) is 71.8 Å². The van der Waals surface area contributed by atoms with Gasteiger partial charge in [0, 0.05) is 23.5 Å². The van der Waals surface area contributed by atoms with Crippen LogP contribution >= 0.6 is 11.6 Å². The molecule has 0 aliphatic heterocycles. The fourth-order valence-corrected chi connectivity index (χ4v) is 2.05. The molecule has 6 nitrogen and oxygen atoms in total. The molecule has 0 bridgehead atoms. The molecule has 3 rings (SSSR count). The maximum absolute atomic E-state index is 11.9. The predicted octanol–water partition coefficient (Wildman–Crippen LogP) is 2.97. The van der Waals surface area contributed by atoms with Crippen molar-refractivity contribution in [3.63, 3.8) is 0 Å². The van der Waals surface area contributed by atoms with E-state index >= 15 is 0 Å². The van der Waals surface area contributed by atoms with Crippen molar-refractivity contribution in [2.45, 2.75) is 0 Å². The van der Waals surface area contributed by atoms with E-state index in [0.717, 1.165) is 5.56 Å². The zero-order valence-electron chi connectivity index (χ0n) is 11.9. The third kappa shape index (κ3) is 3.81. The van der Waals surface area contributed by atoms with Gasteiger partial charge >= 0.3 is 0 Å². The van der Waals surface area contributed by atoms with Gasteiger partial charge in [0.15, 0.2) is 0 Å². The number of amides is 1. The standard InChI is InChI=1S/C16H12ClN5O/c17-14-5-2-1-4-12(14)6-7-15(23)21-13-10-18-16(19-11-13)22-9-3-8-20-22/h1-11H,(H,21,23)/b7-6+. The second-order valence-electron chi connectivity index (χ2n) is 4.57. The lowest BCUT2D eigenvalue weighted by Crippen LogP contribution is -2.09. The van der Waals surface area contributed by atoms with Crippen LogP contribution in [-0.4, -0.2) is 25.7 Å². The van der Waals surface area contributed by atoms with Gasteiger partial charge in [-0.2, -0.15) is 5.10 Å². The van der Waals surface area contributed by atoms with Crippen molar-refractivity contribution in [3.8, 4) is 5.95 Å². The van der Waals surface area contributed by atoms with Crippen molar-refractivity contribution >= 4 is 29.3 Å². The molecule has 1 amide bonds. The minimum absolute atomic E-state index is 0.291. The van der Waals surface area contributed by atoms with E-state index in [1.54, 1.807) is 30.6 Å². The van der Waals surface area contributed by atoms with Crippen LogP contribution in [0.25, 0.3) is 12.0 Å². The molecule has 0 atom stereocenters. The van der Waals surface area contributed by atoms with Crippen LogP contribution in [0.15, 0.2) is 61.2 Å². The quantitative estimate of drug-likeness (QED) is 0.748. The highest BCUT2D eigenvalue weighted by atomic mass is 35.5. The van der Waals surface area contributed by atoms with Crippen molar-refractivity contribution < 1.29 is 4.79 Å². The summed E-state index contributed by atoms with van der Waals surface area (Å²) in [7, 11) is 0. The molecule has 0 aliphatic carbocycles. The highest BCUT2D eigenvalue weighted by molar-refractivity contribution is 6.32. The van der Waals surface area contributed by atoms with Gasteiger partial charge in [-0.3, -0.25) is 4.79 Å². The molecule has 1 N–H and O–H groups in total. The summed E-state index contributed by atoms with van der Waals surface area (Å²) >= 11 is 6.02. The Morgan fingerprint density at radius 1 is 1.17 bits per heavy atom. The summed E-state index contributed by atoms with van der Waals surface area (Å²) in [5.74, 6) is 0.139. The summed E-state index contributed by atoms with van der Waals surface area (Å²) in [5.41, 5.74) is 1.27. The number of hydrogen-bond acceptors (Lipinski definition) is 4. The largest absolute Gasteiger partial charge is 0.320 e. The lowest BCUT2D eigenvalue weighted by atomic mass is 10.2. The van der Waals surface area contributed by atoms with Crippen molar-refractivity contribution in [2.24, 2.45) is 0 Å². The predicted molar refractivity (Wildman–Crippen MR) is 88.3 cm³/mol. The summed E-state index contributed by atoms with van der Waals surface area (Å²) < 4.78 is 1.53. The number of nitrogens with zero attached hydrogens (tertiary/aromatic N) is 4. The second kappa shape index (κ2) is 6.85. The van der Waals surface area contributed by atoms with Crippen LogP contribution in [0, 0.1) is 0 Å². The van der Waals surface area contributed by atoms with Gasteiger partial charge in [-0.15, -0.1) is 0 Å². The molecule has 0 aliphatic rings. The summed E-state index contributed by atoms with van der Waals surface area (Å²) in [6.07, 6.45) is 9.47. The Bertz CT molecular complexity index is 828. The Labute approximate surface area is 137 Å². The van der Waals surface area contributed by atoms with E-state index in [-0.39, 0.29) is 5.91 Å². The molecule has 0 fully saturated rings. The highest BCUT2D eigenvalue weighted by Gasteiger charge is 2.03. The van der Waals surface area contributed by atoms with Crippen LogP contribution < -0.4 is 5.32 Å². The SMILES string of the molecule is O=C(/C=C/c1ccccc1Cl)Nc1cnc(-n2cccn2)nc1. The number of carbonyl (C=O) groups excluding carboxylic acids is 1. The van der Waals surface area contributed by atoms with Gasteiger partial charge in [0.2, 0.25) is 5.91 Å². The van der Waals surface area contributed by atoms with Crippen LogP contribution in [-0.2, 0) is 4.79 Å². The summed E-state index contributed by atoms with van der Waals surface area (Å²) in [5, 5.41) is 7.30. The molecule has 0 spiro atoms. The summed E-state index contributed by atoms with van der Waals surface area (Å²) in [6.45, 7) is 0. The number of aromatic nitrogens is 4. The van der Waals surface area contributed by atoms with Crippen molar-refractivity contribution in [1.82, 2.24) is 19.7 Å². The van der Waals surface area contributed by atoms with Gasteiger partial charge in [0.25, 0.3) is 5.95 Å². The molecule has 114 valence electrons. The van der Waals surface area contributed by atoms with Crippen LogP contribution in [0.3, 0.4) is 0 Å². The Morgan fingerprint density at radius 2 is 1.96 bits per heavy atom. The first-order valence-corrected chi connectivity index (χ1v) is 7.16. The molecular weight excluding hydrogens is 314 g/mol. The van der Waals surface area contributed by atoms with E-state index in [9.17, 15) is 4.79 Å². The van der Waals surface area contributed by atoms with E-state index in [1.807, 2.05) is 18.2 Å². The number of carbonyl (C=O) groups is 1. The third-order valence-corrected chi connectivity index (χ3v) is 3.28. The first-order chi connectivity index (χ1) is 11.2. The first-order valence-electron chi connectivity index (χ1n) is 6.78. The normalized spacial score (nSPS) is 10.8. The van der Waals surface area contributed by atoms with E-state index in [4.69, 9.17) is 11.6 Å². The third-order valence-electron chi connectivity index (χ3n) is 2.93. The van der Waals surface area contributed by atoms with E-state index < -0.39 is 0 Å². The van der Waals surface area contributed by atoms with Gasteiger partial charge in [0.1, 0.15) is 0 Å². The zero-order chi connectivity index (χ0) is 16.1. The van der Waals surface area contributed by atoms with E-state index in [1.165, 1.54) is 23.2 Å². The lowest BCUT2D eigenvalue weighted by Gasteiger charge is -2.03. The van der Waals surface area contributed by atoms with Crippen LogP contribution in [0.4, 0.5) is 5.69 Å². The van der Waals surface area contributed by atoms with Gasteiger partial charge in [0.05, 0.1) is 18.1 Å². The fraction of sp³-hybridized carbons (Fsp3) is 0. The maximum Gasteiger partial charge on any atom is 0.250 e. The van der Waals surface area contributed by atoms with E-state index in [2.05, 4.69) is 20.4 Å². The topological polar surface area (TPSA) is 72.7 Å². The highest BCUT2D eigenvalue weighted by Crippen LogP contribution is 2.16. The minimum Gasteiger partial charge on any atom is -0.320 e. The molecule has 3 aromatic rings. The monoisotopic (exact) mass is 325 g/mol. The molecule has 2 aromatic heterocycles. The van der Waals surface area contributed by atoms with Crippen LogP contribution in [0.5, 0.6) is 0 Å². The Morgan fingerprint density at radius 3 is 2.65 bits per heavy atom. The fourth-order valence-electron chi connectivity index (χ4n) is 1.85. The number of anilines is 1. The maximum atomic E-state index is 11.9. The molecule has 0 unspecified atom stereocenters. The van der Waals surface area contributed by atoms with Gasteiger partial charge in [-0.1, -0.05) is 29.8 Å². The molecular formula is C16H12ClN5O. The summed E-state index contributed by atoms with van der Waals surface area (Å²) in [4.78, 5) is 20.2. The number of benzene rings is 1. The van der Waals surface area contributed by atoms with E-state index in [0.29, 0.717) is 16.7 Å². The lowest BCUT2D eigenvalue weighted by molar-refractivity contribution is -0.111. The zero-order valence-corrected chi connectivity index (χ0v) is 12.7. The van der Waals surface area contributed by atoms with Gasteiger partial charge in [-0.05, 0) is 23.8 Å². The molecule has 23 heavy (non-hydrogen) atoms. The molecule has 1 aromatic carbocycles. The Kier molecular flexibility index (Phi) is 4.44. The van der Waals surface area contributed by atoms with Crippen molar-refractivity contribution in [1.29, 1.82) is 0 Å². The first kappa shape index (κ1) is 14.9. The number of hydrogen-bond donors (Lipinski definition) is 1. The number of rotatable bonds is 4.